The summed E-state index contributed by atoms with van der Waals surface area (Å²) in [5.41, 5.74) is -0.439. The Kier molecular flexibility index (Phi) is 7.00. The van der Waals surface area contributed by atoms with E-state index in [4.69, 9.17) is 23.2 Å². The fraction of sp³-hybridized carbons (Fsp3) is 0.500. The molecule has 0 aromatic heterocycles. The third kappa shape index (κ3) is 4.59. The molecule has 4 N–H and O–H groups in total. The van der Waals surface area contributed by atoms with Crippen molar-refractivity contribution in [3.8, 4) is 0 Å². The highest BCUT2D eigenvalue weighted by atomic mass is 35.5. The van der Waals surface area contributed by atoms with Crippen LogP contribution in [0.3, 0.4) is 0 Å². The van der Waals surface area contributed by atoms with Crippen molar-refractivity contribution in [2.24, 2.45) is 5.41 Å². The number of aliphatic hydroxyl groups is 1. The smallest absolute Gasteiger partial charge is 0.238 e. The molecule has 1 unspecified atom stereocenters. The number of aliphatic hydroxyl groups excluding tert-OH is 1. The van der Waals surface area contributed by atoms with Gasteiger partial charge >= 0.3 is 0 Å². The van der Waals surface area contributed by atoms with E-state index in [0.29, 0.717) is 42.5 Å². The summed E-state index contributed by atoms with van der Waals surface area (Å²) in [5.74, 6) is -2.90. The highest BCUT2D eigenvalue weighted by Crippen LogP contribution is 2.57. The summed E-state index contributed by atoms with van der Waals surface area (Å²) in [7, 11) is 0. The molecule has 6 nitrogen and oxygen atoms in total. The number of carbonyl (C=O) groups is 2. The maximum Gasteiger partial charge on any atom is 0.238 e. The molecule has 0 radical (unpaired) electrons. The van der Waals surface area contributed by atoms with Crippen LogP contribution in [-0.2, 0) is 15.0 Å². The van der Waals surface area contributed by atoms with Gasteiger partial charge in [-0.3, -0.25) is 9.59 Å². The van der Waals surface area contributed by atoms with Crippen LogP contribution in [-0.4, -0.2) is 41.2 Å². The minimum absolute atomic E-state index is 0.130. The number of halogens is 4. The maximum absolute atomic E-state index is 14.9. The second-order valence-corrected chi connectivity index (χ2v) is 12.7. The van der Waals surface area contributed by atoms with E-state index >= 15 is 0 Å². The molecule has 2 aromatic rings. The van der Waals surface area contributed by atoms with Gasteiger partial charge in [0.1, 0.15) is 17.0 Å². The molecule has 1 saturated carbocycles. The molecule has 10 heteroatoms. The largest absolute Gasteiger partial charge is 0.393 e. The number of benzene rings is 2. The van der Waals surface area contributed by atoms with Crippen molar-refractivity contribution in [3.05, 3.63) is 63.1 Å². The lowest BCUT2D eigenvalue weighted by Gasteiger charge is -2.37. The molecular formula is C28H31Cl2F2N3O3. The molecule has 2 fully saturated rings. The van der Waals surface area contributed by atoms with Crippen molar-refractivity contribution < 1.29 is 23.5 Å². The number of anilines is 1. The van der Waals surface area contributed by atoms with Gasteiger partial charge in [0.2, 0.25) is 11.8 Å². The van der Waals surface area contributed by atoms with Crippen molar-refractivity contribution in [2.75, 3.05) is 5.32 Å². The van der Waals surface area contributed by atoms with E-state index in [1.165, 1.54) is 30.3 Å². The molecular weight excluding hydrogens is 535 g/mol. The van der Waals surface area contributed by atoms with Crippen molar-refractivity contribution in [1.82, 2.24) is 10.6 Å². The standard InChI is InChI=1S/C28H31Cl2F2N3O3/c1-27(2,3)12-22-28(16-10-20(32)18(30)11-21(16)34-26(28)38)23(13-4-7-19(31)17(29)8-13)24(35-22)25(37)33-14-5-6-15(36)9-14/h4,7-8,10-11,14-15,22-24,35-36H,5-6,9,12H2,1-3H3,(H,33,37)(H,34,38)/t14?,15-,22-,23+,24-,28+/m1/s1. The number of amides is 2. The summed E-state index contributed by atoms with van der Waals surface area (Å²) in [6.45, 7) is 6.07. The summed E-state index contributed by atoms with van der Waals surface area (Å²) in [6, 6.07) is 5.10. The van der Waals surface area contributed by atoms with Gasteiger partial charge in [-0.25, -0.2) is 8.78 Å². The maximum atomic E-state index is 14.9. The van der Waals surface area contributed by atoms with E-state index in [9.17, 15) is 23.5 Å². The second kappa shape index (κ2) is 9.73. The molecule has 1 saturated heterocycles. The van der Waals surface area contributed by atoms with E-state index in [1.54, 1.807) is 0 Å². The molecule has 2 aliphatic heterocycles. The third-order valence-corrected chi connectivity index (χ3v) is 8.62. The predicted octanol–water partition coefficient (Wildman–Crippen LogP) is 5.05. The van der Waals surface area contributed by atoms with Crippen molar-refractivity contribution in [2.45, 2.75) is 82.0 Å². The van der Waals surface area contributed by atoms with Crippen LogP contribution in [0, 0.1) is 17.0 Å². The van der Waals surface area contributed by atoms with Gasteiger partial charge in [0.05, 0.1) is 22.2 Å². The second-order valence-electron chi connectivity index (χ2n) is 11.9. The molecule has 5 rings (SSSR count). The first-order valence-corrected chi connectivity index (χ1v) is 13.6. The summed E-state index contributed by atoms with van der Waals surface area (Å²) >= 11 is 12.3. The zero-order chi connectivity index (χ0) is 27.6. The van der Waals surface area contributed by atoms with Crippen LogP contribution in [0.2, 0.25) is 10.0 Å². The quantitative estimate of drug-likeness (QED) is 0.417. The van der Waals surface area contributed by atoms with Crippen molar-refractivity contribution >= 4 is 40.7 Å². The Balaban J connectivity index is 1.70. The lowest BCUT2D eigenvalue weighted by Crippen LogP contribution is -2.49. The lowest BCUT2D eigenvalue weighted by atomic mass is 9.62. The van der Waals surface area contributed by atoms with Crippen LogP contribution in [0.15, 0.2) is 30.3 Å². The number of nitrogens with one attached hydrogen (secondary N) is 3. The fourth-order valence-corrected chi connectivity index (χ4v) is 6.87. The Morgan fingerprint density at radius 3 is 2.47 bits per heavy atom. The van der Waals surface area contributed by atoms with E-state index < -0.39 is 47.1 Å². The average Bonchev–Trinajstić information content (AvgIpc) is 3.45. The van der Waals surface area contributed by atoms with Crippen LogP contribution >= 0.6 is 23.2 Å². The summed E-state index contributed by atoms with van der Waals surface area (Å²) in [4.78, 5) is 27.9. The topological polar surface area (TPSA) is 90.5 Å². The number of hydrogen-bond donors (Lipinski definition) is 4. The minimum atomic E-state index is -1.41. The molecule has 38 heavy (non-hydrogen) atoms. The Morgan fingerprint density at radius 1 is 1.13 bits per heavy atom. The Bertz CT molecular complexity index is 1300. The summed E-state index contributed by atoms with van der Waals surface area (Å²) < 4.78 is 29.2. The Labute approximate surface area is 230 Å². The first-order chi connectivity index (χ1) is 17.8. The Morgan fingerprint density at radius 2 is 1.84 bits per heavy atom. The summed E-state index contributed by atoms with van der Waals surface area (Å²) in [6.07, 6.45) is 1.66. The van der Waals surface area contributed by atoms with Gasteiger partial charge in [-0.15, -0.1) is 0 Å². The molecule has 2 aromatic carbocycles. The SMILES string of the molecule is CC(C)(C)C[C@H]1N[C@@H](C(=O)NC2CC[C@@H](O)C2)[C@H](c2ccc(F)c(Cl)c2)[C@@]12C(=O)Nc1cc(Cl)c(F)cc12. The monoisotopic (exact) mass is 565 g/mol. The number of hydrogen-bond acceptors (Lipinski definition) is 4. The predicted molar refractivity (Wildman–Crippen MR) is 142 cm³/mol. The Hall–Kier alpha value is -2.26. The average molecular weight is 566 g/mol. The minimum Gasteiger partial charge on any atom is -0.393 e. The number of fused-ring (bicyclic) bond motifs is 2. The lowest BCUT2D eigenvalue weighted by molar-refractivity contribution is -0.124. The van der Waals surface area contributed by atoms with Crippen LogP contribution in [0.4, 0.5) is 14.5 Å². The molecule has 1 aliphatic carbocycles. The van der Waals surface area contributed by atoms with E-state index in [2.05, 4.69) is 16.0 Å². The first-order valence-electron chi connectivity index (χ1n) is 12.8. The van der Waals surface area contributed by atoms with Gasteiger partial charge < -0.3 is 21.1 Å². The highest BCUT2D eigenvalue weighted by Gasteiger charge is 2.66. The van der Waals surface area contributed by atoms with E-state index in [-0.39, 0.29) is 27.4 Å². The van der Waals surface area contributed by atoms with Crippen LogP contribution in [0.1, 0.15) is 63.5 Å². The van der Waals surface area contributed by atoms with Crippen molar-refractivity contribution in [1.29, 1.82) is 0 Å². The van der Waals surface area contributed by atoms with Crippen LogP contribution < -0.4 is 16.0 Å². The first kappa shape index (κ1) is 27.3. The molecule has 6 atom stereocenters. The molecule has 204 valence electrons. The zero-order valence-electron chi connectivity index (χ0n) is 21.4. The number of carbonyl (C=O) groups excluding carboxylic acids is 2. The summed E-state index contributed by atoms with van der Waals surface area (Å²) in [5, 5.41) is 19.0. The van der Waals surface area contributed by atoms with Gasteiger partial charge in [0, 0.05) is 23.7 Å². The third-order valence-electron chi connectivity index (χ3n) is 8.04. The van der Waals surface area contributed by atoms with Gasteiger partial charge in [-0.1, -0.05) is 50.0 Å². The van der Waals surface area contributed by atoms with E-state index in [0.717, 1.165) is 0 Å². The van der Waals surface area contributed by atoms with E-state index in [1.807, 2.05) is 20.8 Å². The van der Waals surface area contributed by atoms with Gasteiger partial charge in [-0.2, -0.15) is 0 Å². The zero-order valence-corrected chi connectivity index (χ0v) is 22.9. The van der Waals surface area contributed by atoms with Crippen LogP contribution in [0.25, 0.3) is 0 Å². The molecule has 2 amide bonds. The van der Waals surface area contributed by atoms with Crippen molar-refractivity contribution in [3.63, 3.8) is 0 Å². The highest BCUT2D eigenvalue weighted by molar-refractivity contribution is 6.31. The van der Waals surface area contributed by atoms with Crippen LogP contribution in [0.5, 0.6) is 0 Å². The molecule has 0 bridgehead atoms. The molecule has 1 spiro atoms. The van der Waals surface area contributed by atoms with Gasteiger partial charge in [-0.05, 0) is 66.5 Å². The van der Waals surface area contributed by atoms with Gasteiger partial charge in [0.25, 0.3) is 0 Å². The van der Waals surface area contributed by atoms with Gasteiger partial charge in [0.15, 0.2) is 0 Å². The fourth-order valence-electron chi connectivity index (χ4n) is 6.52. The molecule has 2 heterocycles. The molecule has 3 aliphatic rings. The number of rotatable bonds is 4. The normalized spacial score (nSPS) is 30.5.